The number of carbonyl (C=O) groups is 1. The summed E-state index contributed by atoms with van der Waals surface area (Å²) in [5.41, 5.74) is 2.27. The third kappa shape index (κ3) is 5.86. The molecule has 0 aliphatic carbocycles. The lowest BCUT2D eigenvalue weighted by atomic mass is 9.82. The third-order valence-corrected chi connectivity index (χ3v) is 4.52. The molecule has 130 valence electrons. The van der Waals surface area contributed by atoms with E-state index in [1.165, 1.54) is 5.56 Å². The summed E-state index contributed by atoms with van der Waals surface area (Å²) in [4.78, 5) is 13.2. The molecule has 0 aliphatic rings. The normalized spacial score (nSPS) is 13.5. The molecule has 0 aliphatic heterocycles. The smallest absolute Gasteiger partial charge is 0.144 e. The molecular formula is C24H28O. The molecule has 25 heavy (non-hydrogen) atoms. The Labute approximate surface area is 152 Å². The summed E-state index contributed by atoms with van der Waals surface area (Å²) in [5.74, 6) is 0.321. The van der Waals surface area contributed by atoms with Crippen LogP contribution in [0.15, 0.2) is 79.4 Å². The molecule has 2 atom stereocenters. The second-order valence-electron chi connectivity index (χ2n) is 6.42. The van der Waals surface area contributed by atoms with Crippen molar-refractivity contribution in [1.82, 2.24) is 0 Å². The molecule has 2 unspecified atom stereocenters. The molecule has 0 spiro atoms. The number of hydrogen-bond donors (Lipinski definition) is 0. The molecule has 0 saturated carbocycles. The van der Waals surface area contributed by atoms with Gasteiger partial charge in [-0.25, -0.2) is 0 Å². The minimum atomic E-state index is -0.0830. The first-order valence-electron chi connectivity index (χ1n) is 9.17. The number of benzene rings is 2. The van der Waals surface area contributed by atoms with Gasteiger partial charge >= 0.3 is 0 Å². The van der Waals surface area contributed by atoms with E-state index in [0.717, 1.165) is 24.8 Å². The van der Waals surface area contributed by atoms with Gasteiger partial charge < -0.3 is 0 Å². The predicted molar refractivity (Wildman–Crippen MR) is 107 cm³/mol. The first-order valence-corrected chi connectivity index (χ1v) is 9.17. The van der Waals surface area contributed by atoms with E-state index >= 15 is 0 Å². The summed E-state index contributed by atoms with van der Waals surface area (Å²) in [7, 11) is 0. The van der Waals surface area contributed by atoms with E-state index in [-0.39, 0.29) is 11.8 Å². The van der Waals surface area contributed by atoms with E-state index in [1.54, 1.807) is 0 Å². The van der Waals surface area contributed by atoms with Crippen molar-refractivity contribution in [2.75, 3.05) is 0 Å². The fourth-order valence-corrected chi connectivity index (χ4v) is 3.21. The quantitative estimate of drug-likeness (QED) is 0.458. The zero-order chi connectivity index (χ0) is 17.9. The van der Waals surface area contributed by atoms with Crippen molar-refractivity contribution < 1.29 is 4.79 Å². The highest BCUT2D eigenvalue weighted by atomic mass is 16.1. The van der Waals surface area contributed by atoms with E-state index in [1.807, 2.05) is 42.5 Å². The van der Waals surface area contributed by atoms with Gasteiger partial charge in [-0.3, -0.25) is 4.79 Å². The second kappa shape index (κ2) is 10.5. The Morgan fingerprint density at radius 2 is 1.64 bits per heavy atom. The summed E-state index contributed by atoms with van der Waals surface area (Å²) in [5, 5.41) is 0. The van der Waals surface area contributed by atoms with E-state index in [0.29, 0.717) is 12.2 Å². The monoisotopic (exact) mass is 332 g/mol. The number of rotatable bonds is 10. The molecule has 2 aromatic rings. The van der Waals surface area contributed by atoms with Gasteiger partial charge in [0.05, 0.1) is 0 Å². The SMILES string of the molecule is C=CCC(C(=O)C(C/C=C/c1ccccc1)CCC)c1ccccc1. The van der Waals surface area contributed by atoms with Gasteiger partial charge in [0.1, 0.15) is 5.78 Å². The maximum atomic E-state index is 13.2. The molecule has 0 saturated heterocycles. The number of allylic oxidation sites excluding steroid dienone is 2. The molecule has 0 N–H and O–H groups in total. The van der Waals surface area contributed by atoms with Crippen molar-refractivity contribution in [1.29, 1.82) is 0 Å². The molecule has 0 bridgehead atoms. The van der Waals surface area contributed by atoms with Gasteiger partial charge in [-0.2, -0.15) is 0 Å². The highest BCUT2D eigenvalue weighted by Gasteiger charge is 2.25. The van der Waals surface area contributed by atoms with Gasteiger partial charge in [-0.05, 0) is 30.4 Å². The van der Waals surface area contributed by atoms with Gasteiger partial charge in [-0.15, -0.1) is 6.58 Å². The largest absolute Gasteiger partial charge is 0.299 e. The van der Waals surface area contributed by atoms with Crippen LogP contribution in [0.5, 0.6) is 0 Å². The molecular weight excluding hydrogens is 304 g/mol. The zero-order valence-corrected chi connectivity index (χ0v) is 15.1. The Kier molecular flexibility index (Phi) is 7.91. The third-order valence-electron chi connectivity index (χ3n) is 4.52. The van der Waals surface area contributed by atoms with Crippen molar-refractivity contribution in [3.63, 3.8) is 0 Å². The van der Waals surface area contributed by atoms with Gasteiger partial charge in [0.2, 0.25) is 0 Å². The Balaban J connectivity index is 2.12. The molecule has 0 amide bonds. The summed E-state index contributed by atoms with van der Waals surface area (Å²) in [6, 6.07) is 20.3. The van der Waals surface area contributed by atoms with Crippen LogP contribution < -0.4 is 0 Å². The molecule has 2 aromatic carbocycles. The van der Waals surface area contributed by atoms with Crippen molar-refractivity contribution in [2.45, 2.75) is 38.5 Å². The van der Waals surface area contributed by atoms with Crippen LogP contribution >= 0.6 is 0 Å². The number of carbonyl (C=O) groups excluding carboxylic acids is 1. The second-order valence-corrected chi connectivity index (χ2v) is 6.42. The minimum Gasteiger partial charge on any atom is -0.299 e. The first kappa shape index (κ1) is 18.9. The van der Waals surface area contributed by atoms with E-state index in [9.17, 15) is 4.79 Å². The highest BCUT2D eigenvalue weighted by Crippen LogP contribution is 2.28. The van der Waals surface area contributed by atoms with E-state index in [2.05, 4.69) is 49.9 Å². The summed E-state index contributed by atoms with van der Waals surface area (Å²) >= 11 is 0. The maximum Gasteiger partial charge on any atom is 0.144 e. The number of hydrogen-bond acceptors (Lipinski definition) is 1. The Hall–Kier alpha value is -2.41. The summed E-state index contributed by atoms with van der Waals surface area (Å²) in [6.07, 6.45) is 9.56. The van der Waals surface area contributed by atoms with Gasteiger partial charge in [-0.1, -0.05) is 92.2 Å². The highest BCUT2D eigenvalue weighted by molar-refractivity contribution is 5.88. The Morgan fingerprint density at radius 3 is 2.24 bits per heavy atom. The van der Waals surface area contributed by atoms with Crippen LogP contribution in [0.3, 0.4) is 0 Å². The van der Waals surface area contributed by atoms with Crippen molar-refractivity contribution >= 4 is 11.9 Å². The van der Waals surface area contributed by atoms with Crippen molar-refractivity contribution in [3.05, 3.63) is 90.5 Å². The van der Waals surface area contributed by atoms with E-state index in [4.69, 9.17) is 0 Å². The minimum absolute atomic E-state index is 0.0649. The number of Topliss-reactive ketones (excluding diaryl/α,β-unsaturated/α-hetero) is 1. The lowest BCUT2D eigenvalue weighted by Gasteiger charge is -2.21. The van der Waals surface area contributed by atoms with Crippen LogP contribution in [-0.4, -0.2) is 5.78 Å². The van der Waals surface area contributed by atoms with E-state index < -0.39 is 0 Å². The fraction of sp³-hybridized carbons (Fsp3) is 0.292. The van der Waals surface area contributed by atoms with Crippen LogP contribution in [0.2, 0.25) is 0 Å². The molecule has 1 nitrogen and oxygen atoms in total. The van der Waals surface area contributed by atoms with Crippen LogP contribution in [0.25, 0.3) is 6.08 Å². The van der Waals surface area contributed by atoms with Crippen LogP contribution in [0.1, 0.15) is 49.7 Å². The lowest BCUT2D eigenvalue weighted by Crippen LogP contribution is -2.22. The van der Waals surface area contributed by atoms with Gasteiger partial charge in [0, 0.05) is 11.8 Å². The summed E-state index contributed by atoms with van der Waals surface area (Å²) < 4.78 is 0. The van der Waals surface area contributed by atoms with Crippen LogP contribution in [0, 0.1) is 5.92 Å². The predicted octanol–water partition coefficient (Wildman–Crippen LogP) is 6.44. The molecule has 0 aromatic heterocycles. The Bertz CT molecular complexity index is 670. The van der Waals surface area contributed by atoms with Gasteiger partial charge in [0.25, 0.3) is 0 Å². The zero-order valence-electron chi connectivity index (χ0n) is 15.1. The molecule has 1 heteroatoms. The van der Waals surface area contributed by atoms with Crippen molar-refractivity contribution in [2.24, 2.45) is 5.92 Å². The van der Waals surface area contributed by atoms with Crippen LogP contribution in [-0.2, 0) is 4.79 Å². The standard InChI is InChI=1S/C24H28O/c1-3-12-22(19-11-16-20-14-7-5-8-15-20)24(25)23(13-4-2)21-17-9-6-10-18-21/h4-11,14-18,22-23H,2-3,12-13,19H2,1H3/b16-11+. The number of ketones is 1. The van der Waals surface area contributed by atoms with Crippen molar-refractivity contribution in [3.8, 4) is 0 Å². The fourth-order valence-electron chi connectivity index (χ4n) is 3.21. The molecule has 2 rings (SSSR count). The average Bonchev–Trinajstić information content (AvgIpc) is 2.66. The topological polar surface area (TPSA) is 17.1 Å². The maximum absolute atomic E-state index is 13.2. The van der Waals surface area contributed by atoms with Gasteiger partial charge in [0.15, 0.2) is 0 Å². The molecule has 0 fully saturated rings. The summed E-state index contributed by atoms with van der Waals surface area (Å²) in [6.45, 7) is 5.99. The lowest BCUT2D eigenvalue weighted by molar-refractivity contribution is -0.124. The molecule has 0 radical (unpaired) electrons. The van der Waals surface area contributed by atoms with Crippen LogP contribution in [0.4, 0.5) is 0 Å². The molecule has 0 heterocycles. The Morgan fingerprint density at radius 1 is 1.00 bits per heavy atom. The first-order chi connectivity index (χ1) is 12.3. The average molecular weight is 332 g/mol.